The number of carbonyl (C=O) groups is 1. The zero-order valence-electron chi connectivity index (χ0n) is 10.1. The molecule has 1 aliphatic rings. The molecule has 1 saturated carbocycles. The van der Waals surface area contributed by atoms with Gasteiger partial charge in [0.15, 0.2) is 5.75 Å². The Balaban J connectivity index is 2.54. The van der Waals surface area contributed by atoms with E-state index in [2.05, 4.69) is 5.10 Å². The van der Waals surface area contributed by atoms with E-state index in [1.165, 1.54) is 0 Å². The van der Waals surface area contributed by atoms with Crippen LogP contribution in [-0.2, 0) is 22.7 Å². The summed E-state index contributed by atoms with van der Waals surface area (Å²) in [4.78, 5) is 10.6. The molecular formula is C11H14F2N2O3. The van der Waals surface area contributed by atoms with Crippen LogP contribution in [-0.4, -0.2) is 26.0 Å². The Morgan fingerprint density at radius 1 is 1.56 bits per heavy atom. The average Bonchev–Trinajstić information content (AvgIpc) is 2.81. The monoisotopic (exact) mass is 260 g/mol. The fraction of sp³-hybridized carbons (Fsp3) is 0.636. The van der Waals surface area contributed by atoms with Crippen molar-refractivity contribution in [3.63, 3.8) is 0 Å². The SMILES string of the molecule is CC(F)(F)c1c(O)c(C2(C)CC2)nn1CC(=O)O. The van der Waals surface area contributed by atoms with Crippen LogP contribution in [0.1, 0.15) is 38.1 Å². The standard InChI is InChI=1S/C11H14F2N2O3/c1-10(3-4-10)8-7(18)9(11(2,12)13)15(14-8)5-6(16)17/h18H,3-5H2,1-2H3,(H,16,17). The second-order valence-corrected chi connectivity index (χ2v) is 5.05. The molecule has 0 saturated heterocycles. The van der Waals surface area contributed by atoms with Gasteiger partial charge in [-0.05, 0) is 12.8 Å². The highest BCUT2D eigenvalue weighted by atomic mass is 19.3. The molecule has 1 heterocycles. The molecule has 1 aromatic heterocycles. The van der Waals surface area contributed by atoms with Crippen LogP contribution < -0.4 is 0 Å². The lowest BCUT2D eigenvalue weighted by atomic mass is 10.0. The lowest BCUT2D eigenvalue weighted by Gasteiger charge is -2.12. The Labute approximate surface area is 102 Å². The number of carboxylic acid groups (broad SMARTS) is 1. The van der Waals surface area contributed by atoms with Crippen LogP contribution in [0.25, 0.3) is 0 Å². The molecule has 2 rings (SSSR count). The summed E-state index contributed by atoms with van der Waals surface area (Å²) in [5.41, 5.74) is -0.971. The van der Waals surface area contributed by atoms with Gasteiger partial charge in [-0.25, -0.2) is 4.68 Å². The highest BCUT2D eigenvalue weighted by molar-refractivity contribution is 5.66. The van der Waals surface area contributed by atoms with E-state index in [0.717, 1.165) is 12.8 Å². The van der Waals surface area contributed by atoms with E-state index in [1.54, 1.807) is 6.92 Å². The molecule has 1 fully saturated rings. The van der Waals surface area contributed by atoms with Gasteiger partial charge in [-0.3, -0.25) is 4.79 Å². The Kier molecular flexibility index (Phi) is 2.60. The molecule has 7 heteroatoms. The first-order valence-corrected chi connectivity index (χ1v) is 5.55. The molecule has 0 aliphatic heterocycles. The highest BCUT2D eigenvalue weighted by Gasteiger charge is 2.47. The lowest BCUT2D eigenvalue weighted by Crippen LogP contribution is -2.19. The third-order valence-corrected chi connectivity index (χ3v) is 3.20. The van der Waals surface area contributed by atoms with Crippen molar-refractivity contribution in [3.05, 3.63) is 11.4 Å². The predicted molar refractivity (Wildman–Crippen MR) is 57.7 cm³/mol. The van der Waals surface area contributed by atoms with E-state index in [9.17, 15) is 18.7 Å². The van der Waals surface area contributed by atoms with Crippen molar-refractivity contribution in [1.29, 1.82) is 0 Å². The van der Waals surface area contributed by atoms with Crippen molar-refractivity contribution < 1.29 is 23.8 Å². The van der Waals surface area contributed by atoms with Gasteiger partial charge in [0.05, 0.1) is 0 Å². The molecule has 5 nitrogen and oxygen atoms in total. The average molecular weight is 260 g/mol. The summed E-state index contributed by atoms with van der Waals surface area (Å²) in [6.45, 7) is 1.72. The minimum atomic E-state index is -3.34. The smallest absolute Gasteiger partial charge is 0.325 e. The molecule has 0 atom stereocenters. The number of hydrogen-bond acceptors (Lipinski definition) is 3. The molecular weight excluding hydrogens is 246 g/mol. The minimum absolute atomic E-state index is 0.167. The first-order chi connectivity index (χ1) is 8.15. The topological polar surface area (TPSA) is 75.4 Å². The fourth-order valence-electron chi connectivity index (χ4n) is 1.96. The maximum Gasteiger partial charge on any atom is 0.325 e. The maximum atomic E-state index is 13.4. The molecule has 0 unspecified atom stereocenters. The van der Waals surface area contributed by atoms with E-state index in [0.29, 0.717) is 11.6 Å². The molecule has 1 aliphatic carbocycles. The molecule has 0 spiro atoms. The van der Waals surface area contributed by atoms with Gasteiger partial charge in [-0.1, -0.05) is 6.92 Å². The van der Waals surface area contributed by atoms with Gasteiger partial charge in [0.1, 0.15) is 17.9 Å². The summed E-state index contributed by atoms with van der Waals surface area (Å²) in [6, 6.07) is 0. The van der Waals surface area contributed by atoms with Crippen molar-refractivity contribution in [2.45, 2.75) is 44.6 Å². The van der Waals surface area contributed by atoms with Gasteiger partial charge in [-0.15, -0.1) is 0 Å². The third-order valence-electron chi connectivity index (χ3n) is 3.20. The van der Waals surface area contributed by atoms with Crippen molar-refractivity contribution in [3.8, 4) is 5.75 Å². The molecule has 1 aromatic rings. The number of rotatable bonds is 4. The zero-order chi connectivity index (χ0) is 13.7. The van der Waals surface area contributed by atoms with Crippen LogP contribution in [0, 0.1) is 0 Å². The van der Waals surface area contributed by atoms with Crippen molar-refractivity contribution in [1.82, 2.24) is 9.78 Å². The molecule has 100 valence electrons. The summed E-state index contributed by atoms with van der Waals surface area (Å²) >= 11 is 0. The van der Waals surface area contributed by atoms with Crippen molar-refractivity contribution >= 4 is 5.97 Å². The normalized spacial score (nSPS) is 17.8. The molecule has 18 heavy (non-hydrogen) atoms. The van der Waals surface area contributed by atoms with E-state index in [4.69, 9.17) is 5.11 Å². The van der Waals surface area contributed by atoms with Crippen molar-refractivity contribution in [2.75, 3.05) is 0 Å². The van der Waals surface area contributed by atoms with Gasteiger partial charge < -0.3 is 10.2 Å². The number of aliphatic carboxylic acids is 1. The number of hydrogen-bond donors (Lipinski definition) is 2. The van der Waals surface area contributed by atoms with Gasteiger partial charge in [0.25, 0.3) is 5.92 Å². The number of carboxylic acids is 1. The van der Waals surface area contributed by atoms with E-state index in [1.807, 2.05) is 0 Å². The van der Waals surface area contributed by atoms with Crippen molar-refractivity contribution in [2.24, 2.45) is 0 Å². The number of aromatic hydroxyl groups is 1. The second-order valence-electron chi connectivity index (χ2n) is 5.05. The number of aromatic nitrogens is 2. The third kappa shape index (κ3) is 2.04. The van der Waals surface area contributed by atoms with Crippen LogP contribution in [0.2, 0.25) is 0 Å². The molecule has 2 N–H and O–H groups in total. The lowest BCUT2D eigenvalue weighted by molar-refractivity contribution is -0.138. The Morgan fingerprint density at radius 3 is 2.50 bits per heavy atom. The summed E-state index contributed by atoms with van der Waals surface area (Å²) < 4.78 is 27.5. The second kappa shape index (κ2) is 3.66. The predicted octanol–water partition coefficient (Wildman–Crippen LogP) is 1.84. The van der Waals surface area contributed by atoms with Crippen LogP contribution >= 0.6 is 0 Å². The Hall–Kier alpha value is -1.66. The number of alkyl halides is 2. The largest absolute Gasteiger partial charge is 0.504 e. The first-order valence-electron chi connectivity index (χ1n) is 5.55. The van der Waals surface area contributed by atoms with Crippen LogP contribution in [0.5, 0.6) is 5.75 Å². The quantitative estimate of drug-likeness (QED) is 0.866. The maximum absolute atomic E-state index is 13.4. The molecule has 0 aromatic carbocycles. The van der Waals surface area contributed by atoms with E-state index >= 15 is 0 Å². The molecule has 0 bridgehead atoms. The van der Waals surface area contributed by atoms with Crippen LogP contribution in [0.4, 0.5) is 8.78 Å². The van der Waals surface area contributed by atoms with Gasteiger partial charge >= 0.3 is 5.97 Å². The van der Waals surface area contributed by atoms with Gasteiger partial charge in [-0.2, -0.15) is 13.9 Å². The Bertz CT molecular complexity index is 501. The summed E-state index contributed by atoms with van der Waals surface area (Å²) in [5, 5.41) is 22.4. The van der Waals surface area contributed by atoms with Crippen LogP contribution in [0.3, 0.4) is 0 Å². The first kappa shape index (κ1) is 12.8. The highest BCUT2D eigenvalue weighted by Crippen LogP contribution is 2.52. The van der Waals surface area contributed by atoms with Crippen LogP contribution in [0.15, 0.2) is 0 Å². The minimum Gasteiger partial charge on any atom is -0.504 e. The Morgan fingerprint density at radius 2 is 2.11 bits per heavy atom. The van der Waals surface area contributed by atoms with Gasteiger partial charge in [0.2, 0.25) is 0 Å². The van der Waals surface area contributed by atoms with Gasteiger partial charge in [0, 0.05) is 12.3 Å². The summed E-state index contributed by atoms with van der Waals surface area (Å²) in [5.74, 6) is -5.20. The fourth-order valence-corrected chi connectivity index (χ4v) is 1.96. The zero-order valence-corrected chi connectivity index (χ0v) is 10.1. The number of nitrogens with zero attached hydrogens (tertiary/aromatic N) is 2. The molecule has 0 amide bonds. The summed E-state index contributed by atoms with van der Waals surface area (Å²) in [6.07, 6.45) is 1.50. The summed E-state index contributed by atoms with van der Waals surface area (Å²) in [7, 11) is 0. The van der Waals surface area contributed by atoms with E-state index in [-0.39, 0.29) is 5.69 Å². The van der Waals surface area contributed by atoms with E-state index < -0.39 is 35.3 Å². The number of halogens is 2. The molecule has 0 radical (unpaired) electrons.